The van der Waals surface area contributed by atoms with Crippen molar-refractivity contribution in [1.29, 1.82) is 5.26 Å². The van der Waals surface area contributed by atoms with Crippen LogP contribution < -0.4 is 5.32 Å². The molecule has 0 bridgehead atoms. The number of nitrogens with one attached hydrogen (secondary N) is 1. The molecule has 0 amide bonds. The summed E-state index contributed by atoms with van der Waals surface area (Å²) in [6.45, 7) is 4.48. The van der Waals surface area contributed by atoms with Gasteiger partial charge in [0, 0.05) is 6.04 Å². The van der Waals surface area contributed by atoms with Crippen LogP contribution in [0.4, 0.5) is 5.69 Å². The van der Waals surface area contributed by atoms with Gasteiger partial charge in [0.15, 0.2) is 0 Å². The number of nitrogens with zero attached hydrogens (tertiary/aromatic N) is 2. The molecule has 3 nitrogen and oxygen atoms in total. The first kappa shape index (κ1) is 9.01. The topological polar surface area (TPSA) is 48.7 Å². The molecule has 0 spiro atoms. The van der Waals surface area contributed by atoms with Crippen molar-refractivity contribution in [3.63, 3.8) is 0 Å². The van der Waals surface area contributed by atoms with E-state index in [4.69, 9.17) is 5.26 Å². The van der Waals surface area contributed by atoms with Crippen molar-refractivity contribution in [3.8, 4) is 6.07 Å². The zero-order chi connectivity index (χ0) is 10.2. The fraction of sp³-hybridized carbons (Fsp3) is 0.455. The van der Waals surface area contributed by atoms with E-state index in [0.29, 0.717) is 17.2 Å². The molecular weight excluding hydrogens is 174 g/mol. The van der Waals surface area contributed by atoms with Crippen molar-refractivity contribution < 1.29 is 0 Å². The standard InChI is InChI=1S/C11H13N3/c1-11(2)5-10(11)14-9-4-3-8(6-12)13-7-9/h3-4,7,10,14H,5H2,1-2H3. The van der Waals surface area contributed by atoms with Crippen LogP contribution in [0.5, 0.6) is 0 Å². The van der Waals surface area contributed by atoms with Gasteiger partial charge in [-0.1, -0.05) is 13.8 Å². The van der Waals surface area contributed by atoms with Crippen molar-refractivity contribution in [2.24, 2.45) is 5.41 Å². The lowest BCUT2D eigenvalue weighted by Gasteiger charge is -2.07. The van der Waals surface area contributed by atoms with Gasteiger partial charge in [0.1, 0.15) is 11.8 Å². The number of aromatic nitrogens is 1. The Morgan fingerprint density at radius 1 is 1.57 bits per heavy atom. The van der Waals surface area contributed by atoms with Gasteiger partial charge in [0.05, 0.1) is 11.9 Å². The Morgan fingerprint density at radius 3 is 2.71 bits per heavy atom. The second kappa shape index (κ2) is 2.98. The molecule has 2 rings (SSSR count). The minimum atomic E-state index is 0.411. The lowest BCUT2D eigenvalue weighted by Crippen LogP contribution is -2.08. The van der Waals surface area contributed by atoms with Crippen LogP contribution in [0.2, 0.25) is 0 Å². The van der Waals surface area contributed by atoms with Crippen LogP contribution in [-0.2, 0) is 0 Å². The van der Waals surface area contributed by atoms with E-state index in [1.807, 2.05) is 12.1 Å². The summed E-state index contributed by atoms with van der Waals surface area (Å²) in [5.74, 6) is 0. The molecule has 1 saturated carbocycles. The molecule has 1 aliphatic rings. The summed E-state index contributed by atoms with van der Waals surface area (Å²) in [4.78, 5) is 4.00. The molecule has 1 unspecified atom stereocenters. The van der Waals surface area contributed by atoms with E-state index >= 15 is 0 Å². The van der Waals surface area contributed by atoms with Gasteiger partial charge in [-0.05, 0) is 24.0 Å². The molecule has 0 radical (unpaired) electrons. The third kappa shape index (κ3) is 1.69. The molecule has 1 aromatic rings. The van der Waals surface area contributed by atoms with Gasteiger partial charge in [-0.15, -0.1) is 0 Å². The first-order valence-corrected chi connectivity index (χ1v) is 4.74. The molecule has 3 heteroatoms. The van der Waals surface area contributed by atoms with Crippen LogP contribution in [0.3, 0.4) is 0 Å². The Bertz CT molecular complexity index is 373. The molecule has 0 saturated heterocycles. The number of hydrogen-bond donors (Lipinski definition) is 1. The summed E-state index contributed by atoms with van der Waals surface area (Å²) in [5, 5.41) is 12.0. The Labute approximate surface area is 83.8 Å². The highest BCUT2D eigenvalue weighted by molar-refractivity contribution is 5.45. The molecule has 1 aliphatic carbocycles. The number of rotatable bonds is 2. The minimum absolute atomic E-state index is 0.411. The summed E-state index contributed by atoms with van der Waals surface area (Å²) < 4.78 is 0. The number of pyridine rings is 1. The molecule has 72 valence electrons. The summed E-state index contributed by atoms with van der Waals surface area (Å²) in [5.41, 5.74) is 1.87. The predicted octanol–water partition coefficient (Wildman–Crippen LogP) is 2.16. The molecule has 1 heterocycles. The highest BCUT2D eigenvalue weighted by Gasteiger charge is 2.45. The molecule has 0 aromatic carbocycles. The maximum atomic E-state index is 8.57. The fourth-order valence-corrected chi connectivity index (χ4v) is 1.46. The van der Waals surface area contributed by atoms with Crippen LogP contribution in [0.1, 0.15) is 26.0 Å². The Balaban J connectivity index is 2.02. The monoisotopic (exact) mass is 187 g/mol. The van der Waals surface area contributed by atoms with Crippen LogP contribution in [0, 0.1) is 16.7 Å². The first-order chi connectivity index (χ1) is 6.62. The zero-order valence-corrected chi connectivity index (χ0v) is 8.41. The van der Waals surface area contributed by atoms with E-state index in [-0.39, 0.29) is 0 Å². The maximum absolute atomic E-state index is 8.57. The van der Waals surface area contributed by atoms with Crippen molar-refractivity contribution in [2.75, 3.05) is 5.32 Å². The largest absolute Gasteiger partial charge is 0.381 e. The molecule has 1 fully saturated rings. The van der Waals surface area contributed by atoms with E-state index in [9.17, 15) is 0 Å². The Morgan fingerprint density at radius 2 is 2.29 bits per heavy atom. The van der Waals surface area contributed by atoms with Crippen molar-refractivity contribution in [2.45, 2.75) is 26.3 Å². The molecular formula is C11H13N3. The third-order valence-electron chi connectivity index (χ3n) is 2.73. The second-order valence-electron chi connectivity index (χ2n) is 4.43. The Kier molecular flexibility index (Phi) is 1.92. The molecule has 1 aromatic heterocycles. The number of hydrogen-bond acceptors (Lipinski definition) is 3. The third-order valence-corrected chi connectivity index (χ3v) is 2.73. The SMILES string of the molecule is CC1(C)CC1Nc1ccc(C#N)nc1. The van der Waals surface area contributed by atoms with Crippen LogP contribution >= 0.6 is 0 Å². The highest BCUT2D eigenvalue weighted by Crippen LogP contribution is 2.46. The number of nitriles is 1. The van der Waals surface area contributed by atoms with Crippen LogP contribution in [0.25, 0.3) is 0 Å². The quantitative estimate of drug-likeness (QED) is 0.771. The fourth-order valence-electron chi connectivity index (χ4n) is 1.46. The van der Waals surface area contributed by atoms with Crippen molar-refractivity contribution >= 4 is 5.69 Å². The van der Waals surface area contributed by atoms with Crippen molar-refractivity contribution in [3.05, 3.63) is 24.0 Å². The summed E-state index contributed by atoms with van der Waals surface area (Å²) in [6.07, 6.45) is 2.92. The molecule has 1 atom stereocenters. The van der Waals surface area contributed by atoms with Gasteiger partial charge in [-0.25, -0.2) is 4.98 Å². The predicted molar refractivity (Wildman–Crippen MR) is 54.8 cm³/mol. The molecule has 14 heavy (non-hydrogen) atoms. The second-order valence-corrected chi connectivity index (χ2v) is 4.43. The van der Waals surface area contributed by atoms with E-state index in [1.54, 1.807) is 12.3 Å². The van der Waals surface area contributed by atoms with Gasteiger partial charge in [0.25, 0.3) is 0 Å². The average molecular weight is 187 g/mol. The van der Waals surface area contributed by atoms with Crippen LogP contribution in [-0.4, -0.2) is 11.0 Å². The lowest BCUT2D eigenvalue weighted by molar-refractivity contribution is 0.630. The van der Waals surface area contributed by atoms with E-state index in [1.165, 1.54) is 6.42 Å². The minimum Gasteiger partial charge on any atom is -0.381 e. The lowest BCUT2D eigenvalue weighted by atomic mass is 10.2. The van der Waals surface area contributed by atoms with Gasteiger partial charge >= 0.3 is 0 Å². The van der Waals surface area contributed by atoms with E-state index in [2.05, 4.69) is 24.1 Å². The first-order valence-electron chi connectivity index (χ1n) is 4.74. The normalized spacial score (nSPS) is 22.5. The van der Waals surface area contributed by atoms with Gasteiger partial charge in [-0.3, -0.25) is 0 Å². The van der Waals surface area contributed by atoms with Crippen LogP contribution in [0.15, 0.2) is 18.3 Å². The number of anilines is 1. The summed E-state index contributed by atoms with van der Waals surface area (Å²) in [7, 11) is 0. The van der Waals surface area contributed by atoms with Gasteiger partial charge < -0.3 is 5.32 Å². The average Bonchev–Trinajstić information content (AvgIpc) is 2.75. The molecule has 0 aliphatic heterocycles. The van der Waals surface area contributed by atoms with Gasteiger partial charge in [0.2, 0.25) is 0 Å². The zero-order valence-electron chi connectivity index (χ0n) is 8.41. The Hall–Kier alpha value is -1.56. The van der Waals surface area contributed by atoms with Gasteiger partial charge in [-0.2, -0.15) is 5.26 Å². The maximum Gasteiger partial charge on any atom is 0.140 e. The highest BCUT2D eigenvalue weighted by atomic mass is 15.0. The van der Waals surface area contributed by atoms with Crippen molar-refractivity contribution in [1.82, 2.24) is 4.98 Å². The van der Waals surface area contributed by atoms with E-state index in [0.717, 1.165) is 5.69 Å². The van der Waals surface area contributed by atoms with E-state index < -0.39 is 0 Å². The summed E-state index contributed by atoms with van der Waals surface area (Å²) in [6, 6.07) is 6.19. The smallest absolute Gasteiger partial charge is 0.140 e. The summed E-state index contributed by atoms with van der Waals surface area (Å²) >= 11 is 0. The molecule has 1 N–H and O–H groups in total.